The largest absolute Gasteiger partial charge is 0.497 e. The van der Waals surface area contributed by atoms with Gasteiger partial charge in [-0.3, -0.25) is 0 Å². The standard InChI is InChI=1S/C19H21N5O2/c1-4-13-7-5-6-8-15(13)22-19-23-18(12-20-24-19)21-16-11-14(25-2)9-10-17(16)26-3/h5-12H,4H2,1-3H3,(H2,21,22,23,24). The fourth-order valence-corrected chi connectivity index (χ4v) is 2.54. The fourth-order valence-electron chi connectivity index (χ4n) is 2.54. The van der Waals surface area contributed by atoms with Crippen LogP contribution in [0.2, 0.25) is 0 Å². The van der Waals surface area contributed by atoms with Gasteiger partial charge in [0.15, 0.2) is 5.82 Å². The molecular formula is C19H21N5O2. The van der Waals surface area contributed by atoms with Gasteiger partial charge in [0.05, 0.1) is 26.1 Å². The predicted octanol–water partition coefficient (Wildman–Crippen LogP) is 3.94. The van der Waals surface area contributed by atoms with Gasteiger partial charge in [-0.05, 0) is 30.2 Å². The van der Waals surface area contributed by atoms with Gasteiger partial charge in [0.25, 0.3) is 0 Å². The highest BCUT2D eigenvalue weighted by Gasteiger charge is 2.08. The maximum Gasteiger partial charge on any atom is 0.249 e. The van der Waals surface area contributed by atoms with Gasteiger partial charge in [-0.1, -0.05) is 25.1 Å². The van der Waals surface area contributed by atoms with Crippen molar-refractivity contribution in [3.8, 4) is 11.5 Å². The molecule has 0 bridgehead atoms. The number of nitrogens with one attached hydrogen (secondary N) is 2. The van der Waals surface area contributed by atoms with E-state index in [9.17, 15) is 0 Å². The van der Waals surface area contributed by atoms with Crippen LogP contribution >= 0.6 is 0 Å². The molecule has 0 fully saturated rings. The number of methoxy groups -OCH3 is 2. The zero-order chi connectivity index (χ0) is 18.4. The van der Waals surface area contributed by atoms with Crippen molar-refractivity contribution < 1.29 is 9.47 Å². The molecule has 1 aromatic heterocycles. The summed E-state index contributed by atoms with van der Waals surface area (Å²) in [5.74, 6) is 2.35. The Balaban J connectivity index is 1.84. The van der Waals surface area contributed by atoms with Crippen LogP contribution in [0.5, 0.6) is 11.5 Å². The molecule has 0 aliphatic rings. The van der Waals surface area contributed by atoms with Crippen molar-refractivity contribution in [3.05, 3.63) is 54.2 Å². The first-order valence-electron chi connectivity index (χ1n) is 8.27. The van der Waals surface area contributed by atoms with Gasteiger partial charge < -0.3 is 20.1 Å². The predicted molar refractivity (Wildman–Crippen MR) is 102 cm³/mol. The third-order valence-electron chi connectivity index (χ3n) is 3.87. The van der Waals surface area contributed by atoms with Crippen LogP contribution in [0.25, 0.3) is 0 Å². The Morgan fingerprint density at radius 3 is 2.58 bits per heavy atom. The monoisotopic (exact) mass is 351 g/mol. The van der Waals surface area contributed by atoms with E-state index < -0.39 is 0 Å². The van der Waals surface area contributed by atoms with E-state index in [0.29, 0.717) is 23.3 Å². The van der Waals surface area contributed by atoms with Crippen molar-refractivity contribution in [2.45, 2.75) is 13.3 Å². The maximum atomic E-state index is 5.38. The molecule has 0 unspecified atom stereocenters. The molecule has 26 heavy (non-hydrogen) atoms. The second-order valence-corrected chi connectivity index (χ2v) is 5.49. The minimum atomic E-state index is 0.415. The van der Waals surface area contributed by atoms with Crippen molar-refractivity contribution in [1.82, 2.24) is 15.2 Å². The topological polar surface area (TPSA) is 81.2 Å². The quantitative estimate of drug-likeness (QED) is 0.667. The molecule has 0 atom stereocenters. The van der Waals surface area contributed by atoms with E-state index in [1.807, 2.05) is 36.4 Å². The first kappa shape index (κ1) is 17.5. The van der Waals surface area contributed by atoms with Gasteiger partial charge in [0, 0.05) is 11.8 Å². The molecule has 0 saturated carbocycles. The number of benzene rings is 2. The number of anilines is 4. The molecule has 7 nitrogen and oxygen atoms in total. The van der Waals surface area contributed by atoms with Gasteiger partial charge in [-0.2, -0.15) is 10.1 Å². The molecule has 2 N–H and O–H groups in total. The van der Waals surface area contributed by atoms with Crippen molar-refractivity contribution in [3.63, 3.8) is 0 Å². The van der Waals surface area contributed by atoms with Crippen LogP contribution < -0.4 is 20.1 Å². The Kier molecular flexibility index (Phi) is 5.48. The summed E-state index contributed by atoms with van der Waals surface area (Å²) in [5, 5.41) is 14.5. The summed E-state index contributed by atoms with van der Waals surface area (Å²) in [7, 11) is 3.23. The van der Waals surface area contributed by atoms with Gasteiger partial charge in [0.2, 0.25) is 5.95 Å². The number of aryl methyl sites for hydroxylation is 1. The lowest BCUT2D eigenvalue weighted by Gasteiger charge is -2.13. The number of para-hydroxylation sites is 1. The second-order valence-electron chi connectivity index (χ2n) is 5.49. The van der Waals surface area contributed by atoms with Crippen LogP contribution in [0.4, 0.5) is 23.1 Å². The fraction of sp³-hybridized carbons (Fsp3) is 0.211. The number of aromatic nitrogens is 3. The summed E-state index contributed by atoms with van der Waals surface area (Å²) >= 11 is 0. The SMILES string of the molecule is CCc1ccccc1Nc1nncc(Nc2cc(OC)ccc2OC)n1. The lowest BCUT2D eigenvalue weighted by Crippen LogP contribution is -2.04. The highest BCUT2D eigenvalue weighted by molar-refractivity contribution is 5.67. The van der Waals surface area contributed by atoms with E-state index in [1.54, 1.807) is 20.4 Å². The average Bonchev–Trinajstić information content (AvgIpc) is 2.68. The molecule has 1 heterocycles. The highest BCUT2D eigenvalue weighted by Crippen LogP contribution is 2.31. The van der Waals surface area contributed by atoms with Gasteiger partial charge in [0.1, 0.15) is 11.5 Å². The van der Waals surface area contributed by atoms with E-state index in [-0.39, 0.29) is 0 Å². The number of hydrogen-bond acceptors (Lipinski definition) is 7. The Morgan fingerprint density at radius 1 is 0.962 bits per heavy atom. The molecule has 0 saturated heterocycles. The summed E-state index contributed by atoms with van der Waals surface area (Å²) in [5.41, 5.74) is 2.88. The van der Waals surface area contributed by atoms with Gasteiger partial charge in [-0.25, -0.2) is 0 Å². The van der Waals surface area contributed by atoms with E-state index in [0.717, 1.165) is 17.8 Å². The van der Waals surface area contributed by atoms with Crippen LogP contribution in [-0.4, -0.2) is 29.4 Å². The second kappa shape index (κ2) is 8.15. The van der Waals surface area contributed by atoms with Crippen LogP contribution in [0.1, 0.15) is 12.5 Å². The molecule has 2 aromatic carbocycles. The third-order valence-corrected chi connectivity index (χ3v) is 3.87. The minimum absolute atomic E-state index is 0.415. The number of nitrogens with zero attached hydrogens (tertiary/aromatic N) is 3. The molecule has 3 rings (SSSR count). The summed E-state index contributed by atoms with van der Waals surface area (Å²) in [6.45, 7) is 2.10. The summed E-state index contributed by atoms with van der Waals surface area (Å²) in [4.78, 5) is 4.48. The summed E-state index contributed by atoms with van der Waals surface area (Å²) in [6, 6.07) is 13.5. The molecule has 0 aliphatic carbocycles. The van der Waals surface area contributed by atoms with E-state index in [1.165, 1.54) is 5.56 Å². The van der Waals surface area contributed by atoms with E-state index in [2.05, 4.69) is 38.8 Å². The van der Waals surface area contributed by atoms with Crippen molar-refractivity contribution >= 4 is 23.1 Å². The van der Waals surface area contributed by atoms with Crippen molar-refractivity contribution in [2.24, 2.45) is 0 Å². The molecule has 7 heteroatoms. The first-order chi connectivity index (χ1) is 12.7. The third kappa shape index (κ3) is 4.00. The summed E-state index contributed by atoms with van der Waals surface area (Å²) in [6.07, 6.45) is 2.46. The molecule has 0 radical (unpaired) electrons. The summed E-state index contributed by atoms with van der Waals surface area (Å²) < 4.78 is 10.6. The van der Waals surface area contributed by atoms with Crippen LogP contribution in [0, 0.1) is 0 Å². The molecule has 0 amide bonds. The van der Waals surface area contributed by atoms with E-state index in [4.69, 9.17) is 9.47 Å². The Hall–Kier alpha value is -3.35. The number of rotatable bonds is 7. The number of ether oxygens (including phenoxy) is 2. The molecule has 0 aliphatic heterocycles. The molecular weight excluding hydrogens is 330 g/mol. The van der Waals surface area contributed by atoms with Crippen LogP contribution in [0.3, 0.4) is 0 Å². The van der Waals surface area contributed by atoms with E-state index >= 15 is 0 Å². The molecule has 134 valence electrons. The van der Waals surface area contributed by atoms with Crippen molar-refractivity contribution in [1.29, 1.82) is 0 Å². The van der Waals surface area contributed by atoms with Gasteiger partial charge >= 0.3 is 0 Å². The maximum absolute atomic E-state index is 5.38. The van der Waals surface area contributed by atoms with Crippen LogP contribution in [0.15, 0.2) is 48.7 Å². The Labute approximate surface area is 152 Å². The Morgan fingerprint density at radius 2 is 1.81 bits per heavy atom. The average molecular weight is 351 g/mol. The smallest absolute Gasteiger partial charge is 0.249 e. The lowest BCUT2D eigenvalue weighted by atomic mass is 10.1. The lowest BCUT2D eigenvalue weighted by molar-refractivity contribution is 0.405. The number of hydrogen-bond donors (Lipinski definition) is 2. The first-order valence-corrected chi connectivity index (χ1v) is 8.27. The molecule has 0 spiro atoms. The minimum Gasteiger partial charge on any atom is -0.497 e. The highest BCUT2D eigenvalue weighted by atomic mass is 16.5. The normalized spacial score (nSPS) is 10.3. The van der Waals surface area contributed by atoms with Crippen molar-refractivity contribution in [2.75, 3.05) is 24.9 Å². The molecule has 3 aromatic rings. The zero-order valence-corrected chi connectivity index (χ0v) is 15.0. The zero-order valence-electron chi connectivity index (χ0n) is 15.0. The Bertz CT molecular complexity index is 885. The van der Waals surface area contributed by atoms with Gasteiger partial charge in [-0.15, -0.1) is 5.10 Å². The van der Waals surface area contributed by atoms with Crippen LogP contribution in [-0.2, 0) is 6.42 Å².